The Labute approximate surface area is 246 Å². The Morgan fingerprint density at radius 2 is 1.61 bits per heavy atom. The summed E-state index contributed by atoms with van der Waals surface area (Å²) in [6, 6.07) is 33.8. The molecular formula is C36H33ClN2O2. The lowest BCUT2D eigenvalue weighted by Gasteiger charge is -2.26. The predicted octanol–water partition coefficient (Wildman–Crippen LogP) is 9.02. The van der Waals surface area contributed by atoms with Gasteiger partial charge in [0.25, 0.3) is 0 Å². The van der Waals surface area contributed by atoms with Gasteiger partial charge in [-0.2, -0.15) is 0 Å². The van der Waals surface area contributed by atoms with E-state index in [1.165, 1.54) is 5.56 Å². The highest BCUT2D eigenvalue weighted by Gasteiger charge is 2.26. The summed E-state index contributed by atoms with van der Waals surface area (Å²) in [6.45, 7) is 6.16. The number of hydrogen-bond acceptors (Lipinski definition) is 3. The molecule has 1 atom stereocenters. The van der Waals surface area contributed by atoms with Gasteiger partial charge in [0, 0.05) is 39.6 Å². The molecule has 0 saturated carbocycles. The van der Waals surface area contributed by atoms with Crippen molar-refractivity contribution >= 4 is 23.3 Å². The van der Waals surface area contributed by atoms with Gasteiger partial charge in [-0.25, -0.2) is 4.79 Å². The molecule has 5 aromatic rings. The number of anilines is 1. The van der Waals surface area contributed by atoms with Gasteiger partial charge in [-0.3, -0.25) is 4.98 Å². The van der Waals surface area contributed by atoms with E-state index < -0.39 is 5.97 Å². The molecule has 0 radical (unpaired) electrons. The van der Waals surface area contributed by atoms with E-state index in [0.717, 1.165) is 45.5 Å². The van der Waals surface area contributed by atoms with E-state index in [9.17, 15) is 9.90 Å². The molecule has 0 fully saturated rings. The number of pyridine rings is 1. The normalized spacial score (nSPS) is 12.2. The first-order valence-electron chi connectivity index (χ1n) is 13.6. The number of rotatable bonds is 7. The molecule has 5 rings (SSSR count). The smallest absolute Gasteiger partial charge is 0.336 e. The van der Waals surface area contributed by atoms with Crippen molar-refractivity contribution < 1.29 is 9.90 Å². The standard InChI is InChI=1S/C36H33ClN2O2/c1-36(2,3)34-28(13-8-14-29(34)35(40)41)24-11-7-12-25(20-24)31(19-23-9-5-4-6-10-23)33-18-15-26(22-39-33)30-21-27(37)16-17-32(30)38/h4-18,20-22,31H,19,38H2,1-3H3,(H,40,41). The number of benzene rings is 4. The Kier molecular flexibility index (Phi) is 7.96. The van der Waals surface area contributed by atoms with E-state index in [4.69, 9.17) is 22.3 Å². The Balaban J connectivity index is 1.61. The van der Waals surface area contributed by atoms with Crippen LogP contribution in [0.15, 0.2) is 109 Å². The predicted molar refractivity (Wildman–Crippen MR) is 169 cm³/mol. The maximum Gasteiger partial charge on any atom is 0.336 e. The summed E-state index contributed by atoms with van der Waals surface area (Å²) in [7, 11) is 0. The van der Waals surface area contributed by atoms with E-state index in [-0.39, 0.29) is 11.3 Å². The average Bonchev–Trinajstić information content (AvgIpc) is 2.97. The molecule has 0 saturated heterocycles. The van der Waals surface area contributed by atoms with Crippen LogP contribution in [0.3, 0.4) is 0 Å². The lowest BCUT2D eigenvalue weighted by atomic mass is 9.78. The Bertz CT molecular complexity index is 1690. The number of carboxylic acid groups (broad SMARTS) is 1. The third-order valence-electron chi connectivity index (χ3n) is 7.40. The largest absolute Gasteiger partial charge is 0.478 e. The third kappa shape index (κ3) is 6.18. The molecule has 1 heterocycles. The first-order valence-corrected chi connectivity index (χ1v) is 14.0. The second kappa shape index (κ2) is 11.6. The molecule has 0 aliphatic heterocycles. The fourth-order valence-electron chi connectivity index (χ4n) is 5.49. The number of aromatic nitrogens is 1. The zero-order valence-corrected chi connectivity index (χ0v) is 24.2. The first kappa shape index (κ1) is 28.1. The topological polar surface area (TPSA) is 76.2 Å². The molecule has 206 valence electrons. The SMILES string of the molecule is CC(C)(C)c1c(C(=O)O)cccc1-c1cccc(C(Cc2ccccc2)c2ccc(-c3cc(Cl)ccc3N)cn2)c1. The summed E-state index contributed by atoms with van der Waals surface area (Å²) in [5, 5.41) is 10.6. The van der Waals surface area contributed by atoms with E-state index in [1.54, 1.807) is 18.2 Å². The number of hydrogen-bond donors (Lipinski definition) is 2. The molecule has 1 unspecified atom stereocenters. The highest BCUT2D eigenvalue weighted by atomic mass is 35.5. The molecule has 0 aliphatic rings. The van der Waals surface area contributed by atoms with Gasteiger partial charge in [-0.15, -0.1) is 0 Å². The van der Waals surface area contributed by atoms with Crippen LogP contribution in [0.4, 0.5) is 5.69 Å². The van der Waals surface area contributed by atoms with Crippen LogP contribution in [0.5, 0.6) is 0 Å². The van der Waals surface area contributed by atoms with Crippen molar-refractivity contribution in [1.29, 1.82) is 0 Å². The third-order valence-corrected chi connectivity index (χ3v) is 7.63. The minimum absolute atomic E-state index is 0.0242. The van der Waals surface area contributed by atoms with Crippen LogP contribution >= 0.6 is 11.6 Å². The van der Waals surface area contributed by atoms with Gasteiger partial charge >= 0.3 is 5.97 Å². The molecule has 41 heavy (non-hydrogen) atoms. The van der Waals surface area contributed by atoms with Crippen LogP contribution in [0.1, 0.15) is 59.4 Å². The van der Waals surface area contributed by atoms with Crippen molar-refractivity contribution in [1.82, 2.24) is 4.98 Å². The van der Waals surface area contributed by atoms with Gasteiger partial charge in [0.15, 0.2) is 0 Å². The number of aromatic carboxylic acids is 1. The molecule has 5 heteroatoms. The maximum atomic E-state index is 12.2. The quantitative estimate of drug-likeness (QED) is 0.195. The lowest BCUT2D eigenvalue weighted by molar-refractivity contribution is 0.0694. The Morgan fingerprint density at radius 3 is 2.29 bits per heavy atom. The first-order chi connectivity index (χ1) is 19.6. The number of carbonyl (C=O) groups is 1. The summed E-state index contributed by atoms with van der Waals surface area (Å²) in [5.74, 6) is -0.941. The highest BCUT2D eigenvalue weighted by molar-refractivity contribution is 6.31. The van der Waals surface area contributed by atoms with Crippen LogP contribution in [-0.4, -0.2) is 16.1 Å². The van der Waals surface area contributed by atoms with Crippen molar-refractivity contribution in [2.75, 3.05) is 5.73 Å². The van der Waals surface area contributed by atoms with Gasteiger partial charge in [0.05, 0.1) is 5.56 Å². The molecule has 0 bridgehead atoms. The van der Waals surface area contributed by atoms with E-state index in [2.05, 4.69) is 57.2 Å². The van der Waals surface area contributed by atoms with Gasteiger partial charge in [-0.05, 0) is 70.0 Å². The fraction of sp³-hybridized carbons (Fsp3) is 0.167. The van der Waals surface area contributed by atoms with Crippen molar-refractivity contribution in [2.45, 2.75) is 38.5 Å². The van der Waals surface area contributed by atoms with E-state index >= 15 is 0 Å². The van der Waals surface area contributed by atoms with Crippen molar-refractivity contribution in [3.05, 3.63) is 142 Å². The Morgan fingerprint density at radius 1 is 0.854 bits per heavy atom. The monoisotopic (exact) mass is 560 g/mol. The summed E-state index contributed by atoms with van der Waals surface area (Å²) in [5.41, 5.74) is 14.6. The molecule has 1 aromatic heterocycles. The van der Waals surface area contributed by atoms with Crippen molar-refractivity contribution in [3.63, 3.8) is 0 Å². The summed E-state index contributed by atoms with van der Waals surface area (Å²) < 4.78 is 0. The van der Waals surface area contributed by atoms with Crippen molar-refractivity contribution in [3.8, 4) is 22.3 Å². The molecule has 3 N–H and O–H groups in total. The second-order valence-corrected chi connectivity index (χ2v) is 11.8. The number of carboxylic acids is 1. The molecular weight excluding hydrogens is 528 g/mol. The van der Waals surface area contributed by atoms with E-state index in [1.807, 2.05) is 54.7 Å². The number of halogens is 1. The van der Waals surface area contributed by atoms with Crippen LogP contribution in [0.2, 0.25) is 5.02 Å². The number of nitrogens with zero attached hydrogens (tertiary/aromatic N) is 1. The van der Waals surface area contributed by atoms with Crippen LogP contribution in [0, 0.1) is 0 Å². The average molecular weight is 561 g/mol. The second-order valence-electron chi connectivity index (χ2n) is 11.4. The van der Waals surface area contributed by atoms with Crippen LogP contribution in [-0.2, 0) is 11.8 Å². The highest BCUT2D eigenvalue weighted by Crippen LogP contribution is 2.38. The lowest BCUT2D eigenvalue weighted by Crippen LogP contribution is -2.18. The fourth-order valence-corrected chi connectivity index (χ4v) is 5.67. The molecule has 4 nitrogen and oxygen atoms in total. The summed E-state index contributed by atoms with van der Waals surface area (Å²) in [6.07, 6.45) is 2.62. The zero-order valence-electron chi connectivity index (χ0n) is 23.4. The molecule has 4 aromatic carbocycles. The van der Waals surface area contributed by atoms with Crippen LogP contribution < -0.4 is 5.73 Å². The number of nitrogen functional groups attached to an aromatic ring is 1. The minimum atomic E-state index is -0.917. The number of nitrogens with two attached hydrogens (primary N) is 1. The van der Waals surface area contributed by atoms with Crippen LogP contribution in [0.25, 0.3) is 22.3 Å². The maximum absolute atomic E-state index is 12.2. The van der Waals surface area contributed by atoms with Gasteiger partial charge < -0.3 is 10.8 Å². The van der Waals surface area contributed by atoms with Gasteiger partial charge in [0.1, 0.15) is 0 Å². The van der Waals surface area contributed by atoms with E-state index in [0.29, 0.717) is 16.3 Å². The summed E-state index contributed by atoms with van der Waals surface area (Å²) in [4.78, 5) is 17.1. The Hall–Kier alpha value is -4.41. The van der Waals surface area contributed by atoms with Gasteiger partial charge in [-0.1, -0.05) is 105 Å². The van der Waals surface area contributed by atoms with Crippen molar-refractivity contribution in [2.24, 2.45) is 0 Å². The zero-order chi connectivity index (χ0) is 29.1. The molecule has 0 amide bonds. The molecule has 0 aliphatic carbocycles. The molecule has 0 spiro atoms. The summed E-state index contributed by atoms with van der Waals surface area (Å²) >= 11 is 6.24. The minimum Gasteiger partial charge on any atom is -0.478 e. The van der Waals surface area contributed by atoms with Gasteiger partial charge in [0.2, 0.25) is 0 Å².